The lowest BCUT2D eigenvalue weighted by Gasteiger charge is -2.38. The Bertz CT molecular complexity index is 692. The molecular weight excluding hydrogens is 326 g/mol. The van der Waals surface area contributed by atoms with Crippen LogP contribution in [0.5, 0.6) is 0 Å². The second kappa shape index (κ2) is 8.04. The van der Waals surface area contributed by atoms with Crippen LogP contribution in [0.1, 0.15) is 50.3 Å². The quantitative estimate of drug-likeness (QED) is 0.834. The molecule has 2 aliphatic rings. The minimum Gasteiger partial charge on any atom is -0.343 e. The van der Waals surface area contributed by atoms with Crippen molar-refractivity contribution >= 4 is 17.9 Å². The fourth-order valence-electron chi connectivity index (χ4n) is 4.05. The highest BCUT2D eigenvalue weighted by Gasteiger charge is 2.31. The van der Waals surface area contributed by atoms with Crippen LogP contribution in [-0.2, 0) is 9.59 Å². The summed E-state index contributed by atoms with van der Waals surface area (Å²) in [6.45, 7) is 6.91. The topological polar surface area (TPSA) is 43.9 Å². The number of fused-ring (bicyclic) bond motifs is 1. The van der Waals surface area contributed by atoms with E-state index in [-0.39, 0.29) is 17.9 Å². The maximum Gasteiger partial charge on any atom is 0.225 e. The van der Waals surface area contributed by atoms with Crippen LogP contribution in [-0.4, -0.2) is 59.2 Å². The van der Waals surface area contributed by atoms with Gasteiger partial charge in [0.25, 0.3) is 0 Å². The Morgan fingerprint density at radius 2 is 1.88 bits per heavy atom. The van der Waals surface area contributed by atoms with Crippen LogP contribution in [0.15, 0.2) is 30.5 Å². The fraction of sp³-hybridized carbons (Fsp3) is 0.524. The first-order valence-corrected chi connectivity index (χ1v) is 9.55. The highest BCUT2D eigenvalue weighted by atomic mass is 16.2. The first-order valence-electron chi connectivity index (χ1n) is 9.55. The normalized spacial score (nSPS) is 20.7. The number of rotatable bonds is 4. The lowest BCUT2D eigenvalue weighted by Crippen LogP contribution is -2.46. The van der Waals surface area contributed by atoms with Gasteiger partial charge in [-0.3, -0.25) is 9.59 Å². The molecule has 1 aromatic rings. The predicted octanol–water partition coefficient (Wildman–Crippen LogP) is 2.89. The number of likely N-dealkylation sites (tertiary alicyclic amines) is 1. The zero-order valence-electron chi connectivity index (χ0n) is 16.0. The zero-order chi connectivity index (χ0) is 18.7. The van der Waals surface area contributed by atoms with E-state index in [9.17, 15) is 9.59 Å². The van der Waals surface area contributed by atoms with E-state index < -0.39 is 0 Å². The number of hydrogen-bond donors (Lipinski definition) is 0. The number of benzene rings is 1. The number of amides is 2. The summed E-state index contributed by atoms with van der Waals surface area (Å²) in [6, 6.07) is 8.08. The molecule has 0 spiro atoms. The molecule has 5 nitrogen and oxygen atoms in total. The van der Waals surface area contributed by atoms with Crippen LogP contribution in [0.25, 0.3) is 6.08 Å². The molecule has 5 heteroatoms. The summed E-state index contributed by atoms with van der Waals surface area (Å²) in [5, 5.41) is 0. The second-order valence-electron chi connectivity index (χ2n) is 7.26. The third kappa shape index (κ3) is 3.83. The molecule has 0 radical (unpaired) electrons. The van der Waals surface area contributed by atoms with E-state index >= 15 is 0 Å². The Balaban J connectivity index is 1.72. The summed E-state index contributed by atoms with van der Waals surface area (Å²) in [5.41, 5.74) is 2.13. The van der Waals surface area contributed by atoms with E-state index in [1.807, 2.05) is 48.5 Å². The molecule has 2 heterocycles. The first-order chi connectivity index (χ1) is 12.5. The molecular formula is C21H29N3O2. The van der Waals surface area contributed by atoms with Crippen LogP contribution in [0.4, 0.5) is 0 Å². The monoisotopic (exact) mass is 355 g/mol. The van der Waals surface area contributed by atoms with Gasteiger partial charge in [-0.05, 0) is 36.6 Å². The van der Waals surface area contributed by atoms with Gasteiger partial charge in [-0.2, -0.15) is 0 Å². The molecule has 2 amide bonds. The van der Waals surface area contributed by atoms with Gasteiger partial charge < -0.3 is 14.7 Å². The Labute approximate surface area is 156 Å². The van der Waals surface area contributed by atoms with E-state index in [0.717, 1.165) is 43.6 Å². The molecule has 1 saturated heterocycles. The average Bonchev–Trinajstić information content (AvgIpc) is 2.67. The Morgan fingerprint density at radius 3 is 2.54 bits per heavy atom. The van der Waals surface area contributed by atoms with Crippen LogP contribution < -0.4 is 0 Å². The lowest BCUT2D eigenvalue weighted by molar-refractivity contribution is -0.135. The van der Waals surface area contributed by atoms with Gasteiger partial charge >= 0.3 is 0 Å². The molecule has 1 aromatic carbocycles. The van der Waals surface area contributed by atoms with E-state index in [0.29, 0.717) is 12.5 Å². The number of hydrogen-bond acceptors (Lipinski definition) is 3. The summed E-state index contributed by atoms with van der Waals surface area (Å²) in [6.07, 6.45) is 6.12. The highest BCUT2D eigenvalue weighted by molar-refractivity contribution is 5.82. The van der Waals surface area contributed by atoms with Gasteiger partial charge in [-0.25, -0.2) is 0 Å². The molecule has 140 valence electrons. The Morgan fingerprint density at radius 1 is 1.19 bits per heavy atom. The molecule has 1 atom stereocenters. The Kier molecular flexibility index (Phi) is 5.77. The van der Waals surface area contributed by atoms with Gasteiger partial charge in [0.2, 0.25) is 11.8 Å². The van der Waals surface area contributed by atoms with Crippen molar-refractivity contribution in [3.63, 3.8) is 0 Å². The molecule has 3 rings (SSSR count). The van der Waals surface area contributed by atoms with Crippen molar-refractivity contribution in [2.24, 2.45) is 0 Å². The van der Waals surface area contributed by atoms with Crippen molar-refractivity contribution in [2.45, 2.75) is 45.2 Å². The van der Waals surface area contributed by atoms with Gasteiger partial charge in [0.05, 0.1) is 12.5 Å². The number of carbonyl (C=O) groups excluding carboxylic acids is 2. The highest BCUT2D eigenvalue weighted by Crippen LogP contribution is 2.33. The van der Waals surface area contributed by atoms with E-state index in [2.05, 4.69) is 11.8 Å². The Hall–Kier alpha value is -2.14. The molecule has 2 aliphatic heterocycles. The number of nitrogens with zero attached hydrogens (tertiary/aromatic N) is 3. The van der Waals surface area contributed by atoms with Crippen LogP contribution in [0.3, 0.4) is 0 Å². The van der Waals surface area contributed by atoms with Crippen molar-refractivity contribution in [2.75, 3.05) is 26.7 Å². The minimum absolute atomic E-state index is 0.0348. The van der Waals surface area contributed by atoms with Gasteiger partial charge in [0.1, 0.15) is 0 Å². The summed E-state index contributed by atoms with van der Waals surface area (Å²) < 4.78 is 0. The molecule has 1 unspecified atom stereocenters. The van der Waals surface area contributed by atoms with E-state index in [1.54, 1.807) is 11.8 Å². The summed E-state index contributed by atoms with van der Waals surface area (Å²) in [5.74, 6) is 0.0776. The second-order valence-corrected chi connectivity index (χ2v) is 7.26. The molecule has 1 fully saturated rings. The average molecular weight is 355 g/mol. The molecule has 0 saturated carbocycles. The molecule has 26 heavy (non-hydrogen) atoms. The standard InChI is InChI=1S/C21H29N3O2/c1-4-23-12-10-18(11-13-23)22(3)21(26)15-20-19-8-6-5-7-17(19)9-14-24(20)16(2)25/h5-9,14,18,20H,4,10-13,15H2,1-3H3. The molecule has 0 aliphatic carbocycles. The maximum atomic E-state index is 13.0. The van der Waals surface area contributed by atoms with Gasteiger partial charge in [-0.1, -0.05) is 31.2 Å². The molecule has 0 aromatic heterocycles. The van der Waals surface area contributed by atoms with E-state index in [1.165, 1.54) is 0 Å². The minimum atomic E-state index is -0.223. The zero-order valence-corrected chi connectivity index (χ0v) is 16.0. The van der Waals surface area contributed by atoms with Crippen LogP contribution in [0.2, 0.25) is 0 Å². The lowest BCUT2D eigenvalue weighted by atomic mass is 9.93. The van der Waals surface area contributed by atoms with Crippen LogP contribution >= 0.6 is 0 Å². The smallest absolute Gasteiger partial charge is 0.225 e. The van der Waals surface area contributed by atoms with Crippen molar-refractivity contribution in [1.29, 1.82) is 0 Å². The van der Waals surface area contributed by atoms with Crippen molar-refractivity contribution < 1.29 is 9.59 Å². The van der Waals surface area contributed by atoms with Crippen molar-refractivity contribution in [3.8, 4) is 0 Å². The summed E-state index contributed by atoms with van der Waals surface area (Å²) >= 11 is 0. The van der Waals surface area contributed by atoms with E-state index in [4.69, 9.17) is 0 Å². The van der Waals surface area contributed by atoms with Gasteiger partial charge in [0, 0.05) is 39.3 Å². The first kappa shape index (κ1) is 18.6. The summed E-state index contributed by atoms with van der Waals surface area (Å²) in [4.78, 5) is 31.1. The largest absolute Gasteiger partial charge is 0.343 e. The summed E-state index contributed by atoms with van der Waals surface area (Å²) in [7, 11) is 1.91. The van der Waals surface area contributed by atoms with Gasteiger partial charge in [0.15, 0.2) is 0 Å². The maximum absolute atomic E-state index is 13.0. The predicted molar refractivity (Wildman–Crippen MR) is 103 cm³/mol. The number of piperidine rings is 1. The van der Waals surface area contributed by atoms with Crippen molar-refractivity contribution in [1.82, 2.24) is 14.7 Å². The van der Waals surface area contributed by atoms with Crippen molar-refractivity contribution in [3.05, 3.63) is 41.6 Å². The molecule has 0 bridgehead atoms. The number of carbonyl (C=O) groups is 2. The van der Waals surface area contributed by atoms with Crippen LogP contribution in [0, 0.1) is 0 Å². The molecule has 0 N–H and O–H groups in total. The fourth-order valence-corrected chi connectivity index (χ4v) is 4.05. The third-order valence-electron chi connectivity index (χ3n) is 5.78. The SMILES string of the molecule is CCN1CCC(N(C)C(=O)CC2c3ccccc3C=CN2C(C)=O)CC1. The third-order valence-corrected chi connectivity index (χ3v) is 5.78. The van der Waals surface area contributed by atoms with Gasteiger partial charge in [-0.15, -0.1) is 0 Å².